The van der Waals surface area contributed by atoms with Gasteiger partial charge in [-0.1, -0.05) is 42.5 Å². The number of hydrogen-bond acceptors (Lipinski definition) is 3. The summed E-state index contributed by atoms with van der Waals surface area (Å²) in [4.78, 5) is 16.9. The first kappa shape index (κ1) is 20.6. The molecule has 2 aliphatic rings. The third kappa shape index (κ3) is 5.28. The van der Waals surface area contributed by atoms with Crippen molar-refractivity contribution in [2.45, 2.75) is 37.8 Å². The number of hydrogen-bond donors (Lipinski definition) is 0. The van der Waals surface area contributed by atoms with Gasteiger partial charge >= 0.3 is 0 Å². The van der Waals surface area contributed by atoms with Crippen molar-refractivity contribution < 1.29 is 13.9 Å². The van der Waals surface area contributed by atoms with E-state index < -0.39 is 0 Å². The Hall–Kier alpha value is -2.66. The molecule has 2 heterocycles. The molecule has 4 rings (SSSR count). The van der Waals surface area contributed by atoms with Crippen molar-refractivity contribution in [1.82, 2.24) is 9.80 Å². The average Bonchev–Trinajstić information content (AvgIpc) is 2.80. The lowest BCUT2D eigenvalue weighted by Crippen LogP contribution is -2.49. The standard InChI is InChI=1S/C25H29FN2O2/c26-23-8-4-5-9-24(23)30-22-14-18-27(19-15-22)21-12-16-28(17-13-21)25(29)11-10-20-6-2-1-3-7-20/h1-11,21-22H,12-19H2/b11-10+. The smallest absolute Gasteiger partial charge is 0.246 e. The largest absolute Gasteiger partial charge is 0.487 e. The number of benzene rings is 2. The summed E-state index contributed by atoms with van der Waals surface area (Å²) in [7, 11) is 0. The normalized spacial score (nSPS) is 19.3. The summed E-state index contributed by atoms with van der Waals surface area (Å²) in [6, 6.07) is 17.0. The van der Waals surface area contributed by atoms with Crippen LogP contribution < -0.4 is 4.74 Å². The predicted molar refractivity (Wildman–Crippen MR) is 117 cm³/mol. The van der Waals surface area contributed by atoms with Crippen LogP contribution in [0.3, 0.4) is 0 Å². The van der Waals surface area contributed by atoms with Crippen molar-refractivity contribution >= 4 is 12.0 Å². The fourth-order valence-corrected chi connectivity index (χ4v) is 4.37. The van der Waals surface area contributed by atoms with E-state index >= 15 is 0 Å². The molecule has 4 nitrogen and oxygen atoms in total. The third-order valence-electron chi connectivity index (χ3n) is 6.12. The first-order valence-electron chi connectivity index (χ1n) is 10.9. The van der Waals surface area contributed by atoms with Crippen LogP contribution >= 0.6 is 0 Å². The van der Waals surface area contributed by atoms with E-state index in [1.165, 1.54) is 6.07 Å². The van der Waals surface area contributed by atoms with Gasteiger partial charge in [0.1, 0.15) is 6.10 Å². The van der Waals surface area contributed by atoms with E-state index in [9.17, 15) is 9.18 Å². The molecule has 1 amide bonds. The molecule has 2 saturated heterocycles. The maximum absolute atomic E-state index is 13.8. The van der Waals surface area contributed by atoms with Crippen molar-refractivity contribution in [2.24, 2.45) is 0 Å². The van der Waals surface area contributed by atoms with Crippen LogP contribution in [0.1, 0.15) is 31.2 Å². The van der Waals surface area contributed by atoms with E-state index in [-0.39, 0.29) is 17.8 Å². The Morgan fingerprint density at radius 2 is 1.57 bits per heavy atom. The van der Waals surface area contributed by atoms with Crippen LogP contribution in [0.4, 0.5) is 4.39 Å². The average molecular weight is 409 g/mol. The van der Waals surface area contributed by atoms with Crippen LogP contribution in [-0.2, 0) is 4.79 Å². The lowest BCUT2D eigenvalue weighted by atomic mass is 9.98. The molecule has 2 aromatic carbocycles. The predicted octanol–water partition coefficient (Wildman–Crippen LogP) is 4.37. The molecule has 0 saturated carbocycles. The summed E-state index contributed by atoms with van der Waals surface area (Å²) >= 11 is 0. The molecule has 158 valence electrons. The number of nitrogens with zero attached hydrogens (tertiary/aromatic N) is 2. The summed E-state index contributed by atoms with van der Waals surface area (Å²) in [5.41, 5.74) is 1.04. The fourth-order valence-electron chi connectivity index (χ4n) is 4.37. The zero-order valence-electron chi connectivity index (χ0n) is 17.3. The number of piperidine rings is 2. The van der Waals surface area contributed by atoms with Crippen molar-refractivity contribution in [3.05, 3.63) is 72.1 Å². The number of halogens is 1. The zero-order chi connectivity index (χ0) is 20.8. The second-order valence-electron chi connectivity index (χ2n) is 8.08. The SMILES string of the molecule is O=C(/C=C/c1ccccc1)N1CCC(N2CCC(Oc3ccccc3F)CC2)CC1. The van der Waals surface area contributed by atoms with Crippen LogP contribution in [0.15, 0.2) is 60.7 Å². The molecule has 0 bridgehead atoms. The minimum absolute atomic E-state index is 0.0722. The maximum Gasteiger partial charge on any atom is 0.246 e. The molecule has 0 radical (unpaired) electrons. The van der Waals surface area contributed by atoms with Gasteiger partial charge in [0.15, 0.2) is 11.6 Å². The molecule has 0 N–H and O–H groups in total. The lowest BCUT2D eigenvalue weighted by molar-refractivity contribution is -0.127. The lowest BCUT2D eigenvalue weighted by Gasteiger charge is -2.41. The molecule has 2 aromatic rings. The van der Waals surface area contributed by atoms with E-state index in [0.29, 0.717) is 11.8 Å². The second kappa shape index (κ2) is 9.90. The molecule has 2 fully saturated rings. The van der Waals surface area contributed by atoms with E-state index in [1.807, 2.05) is 41.3 Å². The molecule has 0 aliphatic carbocycles. The highest BCUT2D eigenvalue weighted by Crippen LogP contribution is 2.25. The van der Waals surface area contributed by atoms with Crippen molar-refractivity contribution in [3.8, 4) is 5.75 Å². The van der Waals surface area contributed by atoms with Crippen molar-refractivity contribution in [3.63, 3.8) is 0 Å². The Labute approximate surface area is 177 Å². The third-order valence-corrected chi connectivity index (χ3v) is 6.12. The molecule has 0 aromatic heterocycles. The Balaban J connectivity index is 1.21. The second-order valence-corrected chi connectivity index (χ2v) is 8.08. The molecule has 0 unspecified atom stereocenters. The molecule has 0 atom stereocenters. The highest BCUT2D eigenvalue weighted by Gasteiger charge is 2.30. The first-order valence-corrected chi connectivity index (χ1v) is 10.9. The van der Waals surface area contributed by atoms with Gasteiger partial charge in [-0.3, -0.25) is 9.69 Å². The number of rotatable bonds is 5. The van der Waals surface area contributed by atoms with Gasteiger partial charge in [0, 0.05) is 38.3 Å². The quantitative estimate of drug-likeness (QED) is 0.689. The summed E-state index contributed by atoms with van der Waals surface area (Å²) in [6.45, 7) is 3.53. The van der Waals surface area contributed by atoms with E-state index in [2.05, 4.69) is 4.90 Å². The van der Waals surface area contributed by atoms with Crippen LogP contribution in [0.5, 0.6) is 5.75 Å². The van der Waals surface area contributed by atoms with Gasteiger partial charge in [0.2, 0.25) is 5.91 Å². The number of amides is 1. The minimum Gasteiger partial charge on any atom is -0.487 e. The molecule has 0 spiro atoms. The highest BCUT2D eigenvalue weighted by molar-refractivity contribution is 5.91. The van der Waals surface area contributed by atoms with Crippen LogP contribution in [0.25, 0.3) is 6.08 Å². The van der Waals surface area contributed by atoms with E-state index in [0.717, 1.165) is 57.4 Å². The summed E-state index contributed by atoms with van der Waals surface area (Å²) in [5, 5.41) is 0. The summed E-state index contributed by atoms with van der Waals surface area (Å²) in [6.07, 6.45) is 7.47. The van der Waals surface area contributed by atoms with E-state index in [4.69, 9.17) is 4.74 Å². The topological polar surface area (TPSA) is 32.8 Å². The van der Waals surface area contributed by atoms with Gasteiger partial charge in [0.05, 0.1) is 0 Å². The number of likely N-dealkylation sites (tertiary alicyclic amines) is 2. The Morgan fingerprint density at radius 1 is 0.900 bits per heavy atom. The number of carbonyl (C=O) groups excluding carboxylic acids is 1. The van der Waals surface area contributed by atoms with Gasteiger partial charge in [-0.2, -0.15) is 0 Å². The fraction of sp³-hybridized carbons (Fsp3) is 0.400. The monoisotopic (exact) mass is 408 g/mol. The summed E-state index contributed by atoms with van der Waals surface area (Å²) < 4.78 is 19.7. The Bertz CT molecular complexity index is 854. The van der Waals surface area contributed by atoms with Gasteiger partial charge in [-0.05, 0) is 49.5 Å². The van der Waals surface area contributed by atoms with Crippen molar-refractivity contribution in [2.75, 3.05) is 26.2 Å². The molecular weight excluding hydrogens is 379 g/mol. The number of para-hydroxylation sites is 1. The summed E-state index contributed by atoms with van der Waals surface area (Å²) in [5.74, 6) is 0.152. The maximum atomic E-state index is 13.8. The van der Waals surface area contributed by atoms with Gasteiger partial charge in [-0.15, -0.1) is 0 Å². The molecule has 2 aliphatic heterocycles. The molecular formula is C25H29FN2O2. The van der Waals surface area contributed by atoms with Crippen LogP contribution in [-0.4, -0.2) is 54.0 Å². The van der Waals surface area contributed by atoms with Gasteiger partial charge in [-0.25, -0.2) is 4.39 Å². The van der Waals surface area contributed by atoms with Crippen molar-refractivity contribution in [1.29, 1.82) is 0 Å². The highest BCUT2D eigenvalue weighted by atomic mass is 19.1. The molecule has 30 heavy (non-hydrogen) atoms. The van der Waals surface area contributed by atoms with Crippen LogP contribution in [0.2, 0.25) is 0 Å². The minimum atomic E-state index is -0.293. The zero-order valence-corrected chi connectivity index (χ0v) is 17.3. The Morgan fingerprint density at radius 3 is 2.27 bits per heavy atom. The van der Waals surface area contributed by atoms with Gasteiger partial charge in [0.25, 0.3) is 0 Å². The van der Waals surface area contributed by atoms with Gasteiger partial charge < -0.3 is 9.64 Å². The number of ether oxygens (including phenoxy) is 1. The van der Waals surface area contributed by atoms with Crippen LogP contribution in [0, 0.1) is 5.82 Å². The number of carbonyl (C=O) groups is 1. The van der Waals surface area contributed by atoms with E-state index in [1.54, 1.807) is 24.3 Å². The molecule has 5 heteroatoms. The first-order chi connectivity index (χ1) is 14.7. The Kier molecular flexibility index (Phi) is 6.80.